The summed E-state index contributed by atoms with van der Waals surface area (Å²) in [7, 11) is -4.31. The van der Waals surface area contributed by atoms with Crippen LogP contribution in [0.1, 0.15) is 12.5 Å². The second-order valence-corrected chi connectivity index (χ2v) is 4.55. The Morgan fingerprint density at radius 3 is 2.47 bits per heavy atom. The number of carbonyl (C=O) groups excluding carboxylic acids is 1. The maximum absolute atomic E-state index is 11.0. The first kappa shape index (κ1) is 11.7. The van der Waals surface area contributed by atoms with Gasteiger partial charge in [-0.05, 0) is 24.6 Å². The number of amides is 1. The predicted molar refractivity (Wildman–Crippen MR) is 55.3 cm³/mol. The summed E-state index contributed by atoms with van der Waals surface area (Å²) < 4.78 is 30.8. The lowest BCUT2D eigenvalue weighted by atomic mass is 10.2. The van der Waals surface area contributed by atoms with Crippen molar-refractivity contribution in [3.8, 4) is 0 Å². The van der Waals surface area contributed by atoms with Gasteiger partial charge in [-0.3, -0.25) is 9.35 Å². The minimum atomic E-state index is -4.31. The molecule has 0 atom stereocenters. The Bertz CT molecular complexity index is 493. The molecule has 0 bridgehead atoms. The molecule has 0 spiro atoms. The average Bonchev–Trinajstić information content (AvgIpc) is 1.99. The van der Waals surface area contributed by atoms with Gasteiger partial charge in [-0.25, -0.2) is 0 Å². The van der Waals surface area contributed by atoms with Crippen molar-refractivity contribution in [2.45, 2.75) is 18.7 Å². The molecule has 0 saturated carbocycles. The van der Waals surface area contributed by atoms with E-state index in [9.17, 15) is 13.2 Å². The largest absolute Gasteiger partial charge is 0.325 e. The third-order valence-corrected chi connectivity index (χ3v) is 2.64. The van der Waals surface area contributed by atoms with Crippen LogP contribution in [0.15, 0.2) is 23.1 Å². The number of aryl methyl sites for hydroxylation is 1. The molecule has 5 nitrogen and oxygen atoms in total. The van der Waals surface area contributed by atoms with Gasteiger partial charge < -0.3 is 5.32 Å². The fraction of sp³-hybridized carbons (Fsp3) is 0.222. The Labute approximate surface area is 87.9 Å². The molecule has 0 aliphatic carbocycles. The van der Waals surface area contributed by atoms with Crippen LogP contribution >= 0.6 is 0 Å². The summed E-state index contributed by atoms with van der Waals surface area (Å²) in [5, 5.41) is 2.34. The molecule has 15 heavy (non-hydrogen) atoms. The number of nitrogens with one attached hydrogen (secondary N) is 1. The predicted octanol–water partition coefficient (Wildman–Crippen LogP) is 1.20. The van der Waals surface area contributed by atoms with Crippen molar-refractivity contribution >= 4 is 21.7 Å². The quantitative estimate of drug-likeness (QED) is 0.746. The van der Waals surface area contributed by atoms with E-state index in [0.717, 1.165) is 5.56 Å². The third-order valence-electron chi connectivity index (χ3n) is 1.72. The molecule has 0 saturated heterocycles. The van der Waals surface area contributed by atoms with E-state index < -0.39 is 16.0 Å². The van der Waals surface area contributed by atoms with Gasteiger partial charge in [-0.1, -0.05) is 6.07 Å². The molecule has 1 rings (SSSR count). The van der Waals surface area contributed by atoms with Crippen LogP contribution in [0.2, 0.25) is 0 Å². The van der Waals surface area contributed by atoms with E-state index in [2.05, 4.69) is 5.32 Å². The van der Waals surface area contributed by atoms with Gasteiger partial charge in [0.1, 0.15) is 4.90 Å². The Morgan fingerprint density at radius 1 is 1.40 bits per heavy atom. The van der Waals surface area contributed by atoms with Gasteiger partial charge in [-0.15, -0.1) is 0 Å². The average molecular weight is 229 g/mol. The van der Waals surface area contributed by atoms with E-state index in [0.29, 0.717) is 0 Å². The summed E-state index contributed by atoms with van der Waals surface area (Å²) in [4.78, 5) is 10.5. The number of hydrogen-bond donors (Lipinski definition) is 2. The van der Waals surface area contributed by atoms with Crippen molar-refractivity contribution in [3.05, 3.63) is 23.8 Å². The highest BCUT2D eigenvalue weighted by atomic mass is 32.2. The highest BCUT2D eigenvalue weighted by Crippen LogP contribution is 2.22. The van der Waals surface area contributed by atoms with Crippen LogP contribution in [0.5, 0.6) is 0 Å². The molecule has 1 amide bonds. The van der Waals surface area contributed by atoms with Gasteiger partial charge in [0.2, 0.25) is 5.91 Å². The van der Waals surface area contributed by atoms with E-state index in [1.54, 1.807) is 6.92 Å². The zero-order valence-electron chi connectivity index (χ0n) is 8.31. The smallest absolute Gasteiger partial charge is 0.296 e. The summed E-state index contributed by atoms with van der Waals surface area (Å²) in [5.41, 5.74) is 0.871. The second kappa shape index (κ2) is 4.00. The fourth-order valence-corrected chi connectivity index (χ4v) is 1.78. The van der Waals surface area contributed by atoms with Crippen molar-refractivity contribution in [3.63, 3.8) is 0 Å². The van der Waals surface area contributed by atoms with Gasteiger partial charge in [0.15, 0.2) is 0 Å². The molecule has 0 aliphatic heterocycles. The van der Waals surface area contributed by atoms with Crippen molar-refractivity contribution in [2.75, 3.05) is 5.32 Å². The number of rotatable bonds is 2. The molecule has 6 heteroatoms. The highest BCUT2D eigenvalue weighted by Gasteiger charge is 2.15. The van der Waals surface area contributed by atoms with E-state index in [1.165, 1.54) is 25.1 Å². The Hall–Kier alpha value is -1.40. The molecule has 0 aromatic heterocycles. The van der Waals surface area contributed by atoms with Crippen LogP contribution in [0.3, 0.4) is 0 Å². The van der Waals surface area contributed by atoms with E-state index in [1.807, 2.05) is 0 Å². The third kappa shape index (κ3) is 3.03. The normalized spacial score (nSPS) is 11.1. The molecule has 1 aromatic rings. The molecular weight excluding hydrogens is 218 g/mol. The standard InChI is InChI=1S/C9H11NO4S/c1-6-3-4-9(15(12,13)14)8(5-6)10-7(2)11/h3-5H,1-2H3,(H,10,11)(H,12,13,14). The molecule has 0 radical (unpaired) electrons. The van der Waals surface area contributed by atoms with Gasteiger partial charge in [-0.2, -0.15) is 8.42 Å². The number of benzene rings is 1. The zero-order chi connectivity index (χ0) is 11.6. The molecule has 0 heterocycles. The first-order valence-corrected chi connectivity index (χ1v) is 5.60. The molecule has 0 aliphatic rings. The fourth-order valence-electron chi connectivity index (χ4n) is 1.16. The minimum absolute atomic E-state index is 0.0880. The Balaban J connectivity index is 3.33. The minimum Gasteiger partial charge on any atom is -0.325 e. The monoisotopic (exact) mass is 229 g/mol. The van der Waals surface area contributed by atoms with Crippen LogP contribution in [-0.4, -0.2) is 18.9 Å². The molecule has 0 fully saturated rings. The summed E-state index contributed by atoms with van der Waals surface area (Å²) in [5.74, 6) is -0.398. The lowest BCUT2D eigenvalue weighted by Gasteiger charge is -2.08. The topological polar surface area (TPSA) is 83.5 Å². The maximum atomic E-state index is 11.0. The summed E-state index contributed by atoms with van der Waals surface area (Å²) in [6, 6.07) is 4.26. The lowest BCUT2D eigenvalue weighted by molar-refractivity contribution is -0.114. The number of anilines is 1. The number of carbonyl (C=O) groups is 1. The first-order chi connectivity index (χ1) is 6.80. The van der Waals surface area contributed by atoms with Crippen LogP contribution in [0.25, 0.3) is 0 Å². The molecule has 82 valence electrons. The maximum Gasteiger partial charge on any atom is 0.296 e. The molecule has 2 N–H and O–H groups in total. The SMILES string of the molecule is CC(=O)Nc1cc(C)ccc1S(=O)(=O)O. The van der Waals surface area contributed by atoms with E-state index in [-0.39, 0.29) is 10.6 Å². The Morgan fingerprint density at radius 2 is 2.00 bits per heavy atom. The zero-order valence-corrected chi connectivity index (χ0v) is 9.13. The summed E-state index contributed by atoms with van der Waals surface area (Å²) in [6.45, 7) is 3.01. The van der Waals surface area contributed by atoms with E-state index in [4.69, 9.17) is 4.55 Å². The van der Waals surface area contributed by atoms with Crippen molar-refractivity contribution in [2.24, 2.45) is 0 Å². The van der Waals surface area contributed by atoms with Crippen LogP contribution < -0.4 is 5.32 Å². The van der Waals surface area contributed by atoms with Crippen molar-refractivity contribution in [1.82, 2.24) is 0 Å². The van der Waals surface area contributed by atoms with Gasteiger partial charge >= 0.3 is 0 Å². The van der Waals surface area contributed by atoms with Crippen LogP contribution in [0.4, 0.5) is 5.69 Å². The highest BCUT2D eigenvalue weighted by molar-refractivity contribution is 7.86. The Kier molecular flexibility index (Phi) is 3.11. The van der Waals surface area contributed by atoms with Gasteiger partial charge in [0.25, 0.3) is 10.1 Å². The van der Waals surface area contributed by atoms with Crippen LogP contribution in [-0.2, 0) is 14.9 Å². The first-order valence-electron chi connectivity index (χ1n) is 4.16. The van der Waals surface area contributed by atoms with Crippen molar-refractivity contribution < 1.29 is 17.8 Å². The van der Waals surface area contributed by atoms with Crippen LogP contribution in [0, 0.1) is 6.92 Å². The van der Waals surface area contributed by atoms with Gasteiger partial charge in [0, 0.05) is 6.92 Å². The lowest BCUT2D eigenvalue weighted by Crippen LogP contribution is -2.10. The number of hydrogen-bond acceptors (Lipinski definition) is 3. The molecular formula is C9H11NO4S. The summed E-state index contributed by atoms with van der Waals surface area (Å²) >= 11 is 0. The second-order valence-electron chi connectivity index (χ2n) is 3.16. The molecule has 1 aromatic carbocycles. The van der Waals surface area contributed by atoms with E-state index >= 15 is 0 Å². The summed E-state index contributed by atoms with van der Waals surface area (Å²) in [6.07, 6.45) is 0. The van der Waals surface area contributed by atoms with Crippen molar-refractivity contribution in [1.29, 1.82) is 0 Å². The van der Waals surface area contributed by atoms with Gasteiger partial charge in [0.05, 0.1) is 5.69 Å². The molecule has 0 unspecified atom stereocenters.